The molecule has 0 aromatic rings. The second-order valence-electron chi connectivity index (χ2n) is 4.35. The Morgan fingerprint density at radius 1 is 0.583 bits per heavy atom. The number of aliphatic carboxylic acids is 3. The zero-order chi connectivity index (χ0) is 19.2. The van der Waals surface area contributed by atoms with Gasteiger partial charge in [-0.05, 0) is 19.3 Å². The molecule has 0 aliphatic rings. The molecule has 0 radical (unpaired) electrons. The summed E-state index contributed by atoms with van der Waals surface area (Å²) in [6.45, 7) is 0. The molecule has 0 saturated heterocycles. The summed E-state index contributed by atoms with van der Waals surface area (Å²) in [5.41, 5.74) is 0. The van der Waals surface area contributed by atoms with Gasteiger partial charge in [-0.25, -0.2) is 0 Å². The summed E-state index contributed by atoms with van der Waals surface area (Å²) in [5, 5.41) is 24.2. The maximum atomic E-state index is 9.81. The second-order valence-corrected chi connectivity index (χ2v) is 4.35. The average molecular weight is 336 g/mol. The topological polar surface area (TPSA) is 112 Å². The summed E-state index contributed by atoms with van der Waals surface area (Å²) < 4.78 is 0. The number of carbonyl (C=O) groups is 3. The van der Waals surface area contributed by atoms with Gasteiger partial charge in [-0.1, -0.05) is 0 Å². The Morgan fingerprint density at radius 3 is 0.917 bits per heavy atom. The van der Waals surface area contributed by atoms with E-state index >= 15 is 0 Å². The maximum Gasteiger partial charge on any atom is 0.303 e. The first kappa shape index (κ1) is 26.0. The lowest BCUT2D eigenvalue weighted by Crippen LogP contribution is -1.92. The maximum absolute atomic E-state index is 9.81. The van der Waals surface area contributed by atoms with E-state index in [1.165, 1.54) is 0 Å². The molecule has 0 saturated carbocycles. The Kier molecular flexibility index (Phi) is 24.2. The van der Waals surface area contributed by atoms with Crippen LogP contribution in [0.1, 0.15) is 57.8 Å². The lowest BCUT2D eigenvalue weighted by molar-refractivity contribution is -0.138. The van der Waals surface area contributed by atoms with E-state index in [2.05, 4.69) is 17.8 Å². The van der Waals surface area contributed by atoms with Gasteiger partial charge in [-0.3, -0.25) is 14.4 Å². The van der Waals surface area contributed by atoms with Crippen molar-refractivity contribution >= 4 is 17.9 Å². The molecule has 6 nitrogen and oxygen atoms in total. The van der Waals surface area contributed by atoms with Crippen LogP contribution in [0.4, 0.5) is 0 Å². The Morgan fingerprint density at radius 2 is 0.792 bits per heavy atom. The fourth-order valence-corrected chi connectivity index (χ4v) is 1.03. The standard InChI is InChI=1S/3C6H8O2/c3*1-2-3-4-5-6(7)8/h3*1H,3-5H2,(H,7,8). The van der Waals surface area contributed by atoms with Crippen LogP contribution in [0.5, 0.6) is 0 Å². The molecule has 3 N–H and O–H groups in total. The van der Waals surface area contributed by atoms with Crippen molar-refractivity contribution in [2.45, 2.75) is 57.8 Å². The third kappa shape index (κ3) is 42.7. The zero-order valence-corrected chi connectivity index (χ0v) is 13.7. The Bertz CT molecular complexity index is 402. The molecule has 0 aromatic carbocycles. The van der Waals surface area contributed by atoms with Crippen molar-refractivity contribution in [1.82, 2.24) is 0 Å². The highest BCUT2D eigenvalue weighted by Gasteiger charge is 1.93. The normalized spacial score (nSPS) is 7.88. The van der Waals surface area contributed by atoms with Crippen molar-refractivity contribution in [2.24, 2.45) is 0 Å². The van der Waals surface area contributed by atoms with Crippen LogP contribution in [0.2, 0.25) is 0 Å². The van der Waals surface area contributed by atoms with Crippen molar-refractivity contribution < 1.29 is 29.7 Å². The molecule has 0 heterocycles. The number of hydrogen-bond donors (Lipinski definition) is 3. The van der Waals surface area contributed by atoms with Crippen molar-refractivity contribution in [3.05, 3.63) is 0 Å². The van der Waals surface area contributed by atoms with Gasteiger partial charge < -0.3 is 15.3 Å². The summed E-state index contributed by atoms with van der Waals surface area (Å²) in [6, 6.07) is 0. The minimum Gasteiger partial charge on any atom is -0.481 e. The summed E-state index contributed by atoms with van der Waals surface area (Å²) in [4.78, 5) is 29.4. The minimum atomic E-state index is -0.778. The van der Waals surface area contributed by atoms with Crippen LogP contribution >= 0.6 is 0 Å². The van der Waals surface area contributed by atoms with Gasteiger partial charge in [0, 0.05) is 38.5 Å². The summed E-state index contributed by atoms with van der Waals surface area (Å²) >= 11 is 0. The summed E-state index contributed by atoms with van der Waals surface area (Å²) in [7, 11) is 0. The Hall–Kier alpha value is -2.91. The molecule has 132 valence electrons. The molecule has 0 aliphatic carbocycles. The van der Waals surface area contributed by atoms with Gasteiger partial charge in [-0.2, -0.15) is 0 Å². The molecule has 0 atom stereocenters. The lowest BCUT2D eigenvalue weighted by Gasteiger charge is -1.85. The van der Waals surface area contributed by atoms with E-state index in [-0.39, 0.29) is 19.3 Å². The van der Waals surface area contributed by atoms with E-state index in [9.17, 15) is 14.4 Å². The van der Waals surface area contributed by atoms with Gasteiger partial charge >= 0.3 is 17.9 Å². The number of unbranched alkanes of at least 4 members (excludes halogenated alkanes) is 3. The van der Waals surface area contributed by atoms with Gasteiger partial charge in [-0.15, -0.1) is 37.0 Å². The van der Waals surface area contributed by atoms with Crippen molar-refractivity contribution in [2.75, 3.05) is 0 Å². The predicted molar refractivity (Wildman–Crippen MR) is 91.0 cm³/mol. The largest absolute Gasteiger partial charge is 0.481 e. The van der Waals surface area contributed by atoms with E-state index in [1.807, 2.05) is 0 Å². The number of hydrogen-bond acceptors (Lipinski definition) is 3. The highest BCUT2D eigenvalue weighted by Crippen LogP contribution is 1.92. The molecular formula is C18H24O6. The van der Waals surface area contributed by atoms with Crippen LogP contribution in [-0.2, 0) is 14.4 Å². The number of terminal acetylenes is 3. The fourth-order valence-electron chi connectivity index (χ4n) is 1.03. The molecule has 0 bridgehead atoms. The quantitative estimate of drug-likeness (QED) is 0.441. The van der Waals surface area contributed by atoms with E-state index in [0.717, 1.165) is 0 Å². The van der Waals surface area contributed by atoms with Crippen molar-refractivity contribution in [3.63, 3.8) is 0 Å². The van der Waals surface area contributed by atoms with Gasteiger partial charge in [0.15, 0.2) is 0 Å². The highest BCUT2D eigenvalue weighted by atomic mass is 16.4. The van der Waals surface area contributed by atoms with Gasteiger partial charge in [0.25, 0.3) is 0 Å². The van der Waals surface area contributed by atoms with Crippen LogP contribution in [-0.4, -0.2) is 33.2 Å². The van der Waals surface area contributed by atoms with Crippen LogP contribution in [0.15, 0.2) is 0 Å². The molecular weight excluding hydrogens is 312 g/mol. The molecule has 0 rings (SSSR count). The van der Waals surface area contributed by atoms with E-state index in [4.69, 9.17) is 34.6 Å². The van der Waals surface area contributed by atoms with Crippen molar-refractivity contribution in [1.29, 1.82) is 0 Å². The minimum absolute atomic E-state index is 0.185. The van der Waals surface area contributed by atoms with Gasteiger partial charge in [0.05, 0.1) is 0 Å². The molecule has 0 unspecified atom stereocenters. The SMILES string of the molecule is C#CCCCC(=O)O.C#CCCCC(=O)O.C#CCCCC(=O)O. The third-order valence-corrected chi connectivity index (χ3v) is 2.14. The second kappa shape index (κ2) is 22.4. The highest BCUT2D eigenvalue weighted by molar-refractivity contribution is 5.67. The van der Waals surface area contributed by atoms with E-state index in [1.54, 1.807) is 0 Å². The first-order chi connectivity index (χ1) is 11.3. The predicted octanol–water partition coefficient (Wildman–Crippen LogP) is 2.62. The Labute approximate surface area is 143 Å². The summed E-state index contributed by atoms with van der Waals surface area (Å²) in [5.74, 6) is 4.75. The summed E-state index contributed by atoms with van der Waals surface area (Å²) in [6.07, 6.45) is 18.6. The van der Waals surface area contributed by atoms with Crippen LogP contribution < -0.4 is 0 Å². The first-order valence-corrected chi connectivity index (χ1v) is 7.27. The van der Waals surface area contributed by atoms with E-state index in [0.29, 0.717) is 38.5 Å². The lowest BCUT2D eigenvalue weighted by atomic mass is 10.2. The van der Waals surface area contributed by atoms with Crippen molar-refractivity contribution in [3.8, 4) is 37.0 Å². The molecule has 0 aromatic heterocycles. The van der Waals surface area contributed by atoms with Crippen LogP contribution in [0.3, 0.4) is 0 Å². The monoisotopic (exact) mass is 336 g/mol. The fraction of sp³-hybridized carbons (Fsp3) is 0.500. The number of carboxylic acids is 3. The van der Waals surface area contributed by atoms with Crippen LogP contribution in [0, 0.1) is 37.0 Å². The zero-order valence-electron chi connectivity index (χ0n) is 13.7. The average Bonchev–Trinajstić information content (AvgIpc) is 2.48. The molecule has 0 fully saturated rings. The van der Waals surface area contributed by atoms with Gasteiger partial charge in [0.2, 0.25) is 0 Å². The van der Waals surface area contributed by atoms with Crippen LogP contribution in [0.25, 0.3) is 0 Å². The molecule has 0 aliphatic heterocycles. The van der Waals surface area contributed by atoms with Gasteiger partial charge in [0.1, 0.15) is 0 Å². The molecule has 0 amide bonds. The molecule has 24 heavy (non-hydrogen) atoms. The number of rotatable bonds is 9. The molecule has 0 spiro atoms. The molecule has 6 heteroatoms. The Balaban J connectivity index is -0.000000276. The van der Waals surface area contributed by atoms with E-state index < -0.39 is 17.9 Å². The number of carboxylic acid groups (broad SMARTS) is 3. The smallest absolute Gasteiger partial charge is 0.303 e. The third-order valence-electron chi connectivity index (χ3n) is 2.14. The first-order valence-electron chi connectivity index (χ1n) is 7.27.